The van der Waals surface area contributed by atoms with Crippen LogP contribution in [0.1, 0.15) is 49.0 Å². The van der Waals surface area contributed by atoms with Gasteiger partial charge in [-0.2, -0.15) is 0 Å². The van der Waals surface area contributed by atoms with Gasteiger partial charge in [-0.25, -0.2) is 4.98 Å². The van der Waals surface area contributed by atoms with Gasteiger partial charge >= 0.3 is 0 Å². The lowest BCUT2D eigenvalue weighted by Crippen LogP contribution is -2.60. The fourth-order valence-electron chi connectivity index (χ4n) is 5.73. The third-order valence-corrected chi connectivity index (χ3v) is 8.23. The number of halogens is 1. The van der Waals surface area contributed by atoms with Gasteiger partial charge in [-0.1, -0.05) is 66.2 Å². The predicted molar refractivity (Wildman–Crippen MR) is 163 cm³/mol. The number of hydrogen-bond acceptors (Lipinski definition) is 5. The van der Waals surface area contributed by atoms with Crippen LogP contribution in [0.2, 0.25) is 5.02 Å². The predicted octanol–water partition coefficient (Wildman–Crippen LogP) is 4.88. The van der Waals surface area contributed by atoms with Crippen LogP contribution in [0, 0.1) is 0 Å². The van der Waals surface area contributed by atoms with E-state index in [0.29, 0.717) is 30.5 Å². The first-order valence-corrected chi connectivity index (χ1v) is 14.5. The normalized spacial score (nSPS) is 18.0. The lowest BCUT2D eigenvalue weighted by Gasteiger charge is -2.46. The Morgan fingerprint density at radius 3 is 2.51 bits per heavy atom. The Morgan fingerprint density at radius 1 is 1.02 bits per heavy atom. The summed E-state index contributed by atoms with van der Waals surface area (Å²) in [5.74, 6) is 0.464. The van der Waals surface area contributed by atoms with Gasteiger partial charge in [0.1, 0.15) is 0 Å². The highest BCUT2D eigenvalue weighted by Crippen LogP contribution is 2.25. The van der Waals surface area contributed by atoms with Crippen LogP contribution >= 0.6 is 11.6 Å². The number of amides is 2. The maximum Gasteiger partial charge on any atom is 0.227 e. The molecule has 2 heterocycles. The second-order valence-corrected chi connectivity index (χ2v) is 11.4. The monoisotopic (exact) mass is 572 g/mol. The molecule has 41 heavy (non-hydrogen) atoms. The van der Waals surface area contributed by atoms with E-state index in [2.05, 4.69) is 34.2 Å². The molecule has 5 N–H and O–H groups in total. The maximum absolute atomic E-state index is 13.6. The quantitative estimate of drug-likeness (QED) is 0.264. The zero-order valence-corrected chi connectivity index (χ0v) is 24.1. The SMILES string of the molecule is C[C@@H]1CN(C(=O)CC(N)c2ccc(Cl)cc2)C(CCCc2cnc(N)[nH]2)CN1C(=O)Cc1ccc2ccccc2c1. The summed E-state index contributed by atoms with van der Waals surface area (Å²) in [4.78, 5) is 38.2. The van der Waals surface area contributed by atoms with E-state index in [4.69, 9.17) is 23.1 Å². The van der Waals surface area contributed by atoms with Crippen LogP contribution in [-0.2, 0) is 22.4 Å². The molecule has 9 heteroatoms. The molecule has 3 atom stereocenters. The molecule has 2 unspecified atom stereocenters. The maximum atomic E-state index is 13.6. The zero-order valence-electron chi connectivity index (χ0n) is 23.3. The number of anilines is 1. The van der Waals surface area contributed by atoms with Crippen LogP contribution in [0.3, 0.4) is 0 Å². The van der Waals surface area contributed by atoms with E-state index in [1.807, 2.05) is 47.1 Å². The summed E-state index contributed by atoms with van der Waals surface area (Å²) in [7, 11) is 0. The number of H-pyrrole nitrogens is 1. The van der Waals surface area contributed by atoms with Crippen molar-refractivity contribution < 1.29 is 9.59 Å². The number of carbonyl (C=O) groups excluding carboxylic acids is 2. The van der Waals surface area contributed by atoms with Crippen molar-refractivity contribution >= 4 is 40.1 Å². The molecular weight excluding hydrogens is 536 g/mol. The number of nitrogens with zero attached hydrogens (tertiary/aromatic N) is 3. The molecule has 4 aromatic rings. The van der Waals surface area contributed by atoms with E-state index < -0.39 is 6.04 Å². The number of nitrogens with two attached hydrogens (primary N) is 2. The number of fused-ring (bicyclic) bond motifs is 1. The Kier molecular flexibility index (Phi) is 8.90. The van der Waals surface area contributed by atoms with Crippen molar-refractivity contribution in [2.75, 3.05) is 18.8 Å². The minimum absolute atomic E-state index is 0.00304. The molecule has 214 valence electrons. The molecule has 0 aliphatic carbocycles. The Balaban J connectivity index is 1.29. The summed E-state index contributed by atoms with van der Waals surface area (Å²) in [6.45, 7) is 2.97. The van der Waals surface area contributed by atoms with Gasteiger partial charge in [0.2, 0.25) is 11.8 Å². The largest absolute Gasteiger partial charge is 0.369 e. The van der Waals surface area contributed by atoms with Crippen molar-refractivity contribution in [1.29, 1.82) is 0 Å². The highest BCUT2D eigenvalue weighted by Gasteiger charge is 2.36. The van der Waals surface area contributed by atoms with Gasteiger partial charge in [0, 0.05) is 48.4 Å². The van der Waals surface area contributed by atoms with E-state index in [-0.39, 0.29) is 30.3 Å². The van der Waals surface area contributed by atoms with Crippen molar-refractivity contribution in [1.82, 2.24) is 19.8 Å². The van der Waals surface area contributed by atoms with Crippen LogP contribution in [0.15, 0.2) is 72.9 Å². The van der Waals surface area contributed by atoms with Crippen molar-refractivity contribution in [2.24, 2.45) is 5.73 Å². The number of benzene rings is 3. The van der Waals surface area contributed by atoms with Gasteiger partial charge in [-0.15, -0.1) is 0 Å². The van der Waals surface area contributed by atoms with E-state index in [1.54, 1.807) is 18.3 Å². The van der Waals surface area contributed by atoms with Gasteiger partial charge in [0.25, 0.3) is 0 Å². The fourth-order valence-corrected chi connectivity index (χ4v) is 5.85. The smallest absolute Gasteiger partial charge is 0.227 e. The number of piperazine rings is 1. The molecule has 0 radical (unpaired) electrons. The first kappa shape index (κ1) is 28.6. The number of imidazole rings is 1. The number of carbonyl (C=O) groups is 2. The number of aromatic amines is 1. The standard InChI is InChI=1S/C32H37ClN6O2/c1-21-19-39(31(41)17-29(34)24-11-13-26(33)14-12-24)28(8-4-7-27-18-36-32(35)37-27)20-38(21)30(40)16-22-9-10-23-5-2-3-6-25(23)15-22/h2-3,5-6,9-15,18,21,28-29H,4,7-8,16-17,19-20,34H2,1H3,(H3,35,36,37)/t21-,28?,29?/m1/s1. The molecule has 1 saturated heterocycles. The van der Waals surface area contributed by atoms with Crippen molar-refractivity contribution in [3.8, 4) is 0 Å². The average Bonchev–Trinajstić information content (AvgIpc) is 3.38. The summed E-state index contributed by atoms with van der Waals surface area (Å²) < 4.78 is 0. The number of nitrogen functional groups attached to an aromatic ring is 1. The molecule has 1 aliphatic heterocycles. The summed E-state index contributed by atoms with van der Waals surface area (Å²) in [6, 6.07) is 21.0. The van der Waals surface area contributed by atoms with Crippen LogP contribution in [0.4, 0.5) is 5.95 Å². The minimum atomic E-state index is -0.434. The minimum Gasteiger partial charge on any atom is -0.369 e. The number of aromatic nitrogens is 2. The summed E-state index contributed by atoms with van der Waals surface area (Å²) in [6.07, 6.45) is 4.57. The summed E-state index contributed by atoms with van der Waals surface area (Å²) >= 11 is 6.03. The Morgan fingerprint density at radius 2 is 1.78 bits per heavy atom. The second kappa shape index (κ2) is 12.7. The van der Waals surface area contributed by atoms with Gasteiger partial charge in [-0.05, 0) is 60.2 Å². The average molecular weight is 573 g/mol. The van der Waals surface area contributed by atoms with E-state index in [0.717, 1.165) is 46.9 Å². The van der Waals surface area contributed by atoms with Crippen molar-refractivity contribution in [3.05, 3.63) is 94.8 Å². The van der Waals surface area contributed by atoms with Crippen LogP contribution < -0.4 is 11.5 Å². The van der Waals surface area contributed by atoms with Crippen LogP contribution in [-0.4, -0.2) is 56.8 Å². The first-order chi connectivity index (χ1) is 19.8. The van der Waals surface area contributed by atoms with Gasteiger partial charge in [0.15, 0.2) is 5.95 Å². The van der Waals surface area contributed by atoms with E-state index in [1.165, 1.54) is 0 Å². The molecule has 1 aromatic heterocycles. The molecule has 3 aromatic carbocycles. The highest BCUT2D eigenvalue weighted by molar-refractivity contribution is 6.30. The Hall–Kier alpha value is -3.88. The topological polar surface area (TPSA) is 121 Å². The lowest BCUT2D eigenvalue weighted by molar-refractivity contribution is -0.146. The number of rotatable bonds is 9. The molecule has 1 fully saturated rings. The Bertz CT molecular complexity index is 1500. The number of aryl methyl sites for hydroxylation is 1. The molecule has 1 aliphatic rings. The first-order valence-electron chi connectivity index (χ1n) is 14.1. The second-order valence-electron chi connectivity index (χ2n) is 11.0. The van der Waals surface area contributed by atoms with Gasteiger partial charge < -0.3 is 26.3 Å². The molecule has 8 nitrogen and oxygen atoms in total. The third-order valence-electron chi connectivity index (χ3n) is 7.98. The molecule has 0 saturated carbocycles. The fraction of sp³-hybridized carbons (Fsp3) is 0.344. The molecular formula is C32H37ClN6O2. The molecule has 2 amide bonds. The summed E-state index contributed by atoms with van der Waals surface area (Å²) in [5, 5.41) is 2.90. The Labute approximate surface area is 245 Å². The lowest BCUT2D eigenvalue weighted by atomic mass is 9.97. The number of nitrogens with one attached hydrogen (secondary N) is 1. The number of hydrogen-bond donors (Lipinski definition) is 3. The van der Waals surface area contributed by atoms with E-state index >= 15 is 0 Å². The highest BCUT2D eigenvalue weighted by atomic mass is 35.5. The van der Waals surface area contributed by atoms with Gasteiger partial charge in [0.05, 0.1) is 12.6 Å². The zero-order chi connectivity index (χ0) is 28.9. The third kappa shape index (κ3) is 7.07. The van der Waals surface area contributed by atoms with E-state index in [9.17, 15) is 9.59 Å². The molecule has 0 spiro atoms. The van der Waals surface area contributed by atoms with Crippen LogP contribution in [0.25, 0.3) is 10.8 Å². The summed E-state index contributed by atoms with van der Waals surface area (Å²) in [5.41, 5.74) is 15.0. The van der Waals surface area contributed by atoms with Crippen molar-refractivity contribution in [3.63, 3.8) is 0 Å². The molecule has 5 rings (SSSR count). The molecule has 0 bridgehead atoms. The van der Waals surface area contributed by atoms with Crippen molar-refractivity contribution in [2.45, 2.75) is 57.2 Å². The van der Waals surface area contributed by atoms with Crippen LogP contribution in [0.5, 0.6) is 0 Å². The van der Waals surface area contributed by atoms with Gasteiger partial charge in [-0.3, -0.25) is 9.59 Å².